The molecule has 0 aromatic heterocycles. The summed E-state index contributed by atoms with van der Waals surface area (Å²) in [7, 11) is -1.16. The number of carbonyl (C=O) groups excluding carboxylic acids is 1. The first kappa shape index (κ1) is 9.13. The fourth-order valence-electron chi connectivity index (χ4n) is 0.840. The Morgan fingerprint density at radius 1 is 1.33 bits per heavy atom. The third kappa shape index (κ3) is 2.58. The van der Waals surface area contributed by atoms with E-state index in [1.54, 1.807) is 12.1 Å². The van der Waals surface area contributed by atoms with Crippen LogP contribution in [0.1, 0.15) is 6.92 Å². The first-order valence-electron chi connectivity index (χ1n) is 3.63. The molecule has 0 saturated carbocycles. The van der Waals surface area contributed by atoms with Crippen molar-refractivity contribution in [2.45, 2.75) is 11.8 Å². The Hall–Kier alpha value is -0.960. The van der Waals surface area contributed by atoms with E-state index in [4.69, 9.17) is 0 Å². The van der Waals surface area contributed by atoms with Gasteiger partial charge < -0.3 is 0 Å². The predicted molar refractivity (Wildman–Crippen MR) is 48.4 cm³/mol. The quantitative estimate of drug-likeness (QED) is 0.663. The fourth-order valence-corrected chi connectivity index (χ4v) is 1.84. The van der Waals surface area contributed by atoms with E-state index in [-0.39, 0.29) is 11.5 Å². The van der Waals surface area contributed by atoms with Crippen molar-refractivity contribution in [1.29, 1.82) is 0 Å². The third-order valence-electron chi connectivity index (χ3n) is 1.34. The molecule has 12 heavy (non-hydrogen) atoms. The van der Waals surface area contributed by atoms with E-state index in [9.17, 15) is 9.00 Å². The Balaban J connectivity index is 2.73. The maximum atomic E-state index is 11.3. The number of ketones is 1. The zero-order valence-electron chi connectivity index (χ0n) is 6.82. The Kier molecular flexibility index (Phi) is 3.17. The van der Waals surface area contributed by atoms with Crippen molar-refractivity contribution in [1.82, 2.24) is 0 Å². The van der Waals surface area contributed by atoms with Crippen molar-refractivity contribution in [3.05, 3.63) is 30.3 Å². The Morgan fingerprint density at radius 2 is 1.92 bits per heavy atom. The summed E-state index contributed by atoms with van der Waals surface area (Å²) in [5, 5.41) is 0. The van der Waals surface area contributed by atoms with E-state index in [0.29, 0.717) is 4.90 Å². The molecule has 0 saturated heterocycles. The molecule has 0 heterocycles. The first-order chi connectivity index (χ1) is 5.70. The SMILES string of the molecule is CC(=O)[13CH2]S(=O)c1ccccc1. The van der Waals surface area contributed by atoms with E-state index in [0.717, 1.165) is 0 Å². The molecule has 1 atom stereocenters. The molecular weight excluding hydrogens is 173 g/mol. The minimum absolute atomic E-state index is 0.0443. The van der Waals surface area contributed by atoms with E-state index in [2.05, 4.69) is 0 Å². The molecule has 0 amide bonds. The molecule has 64 valence electrons. The normalized spacial score (nSPS) is 12.4. The molecule has 0 aliphatic rings. The van der Waals surface area contributed by atoms with Crippen LogP contribution in [-0.4, -0.2) is 15.7 Å². The molecule has 0 aliphatic carbocycles. The van der Waals surface area contributed by atoms with Gasteiger partial charge in [0.25, 0.3) is 0 Å². The average Bonchev–Trinajstić information content (AvgIpc) is 2.05. The molecule has 1 aromatic carbocycles. The second kappa shape index (κ2) is 4.16. The van der Waals surface area contributed by atoms with Crippen LogP contribution < -0.4 is 0 Å². The molecule has 0 radical (unpaired) electrons. The van der Waals surface area contributed by atoms with Crippen molar-refractivity contribution < 1.29 is 9.00 Å². The Bertz CT molecular complexity index is 293. The van der Waals surface area contributed by atoms with Crippen LogP contribution in [0.2, 0.25) is 0 Å². The van der Waals surface area contributed by atoms with Gasteiger partial charge in [0.15, 0.2) is 0 Å². The van der Waals surface area contributed by atoms with Crippen LogP contribution in [0.4, 0.5) is 0 Å². The van der Waals surface area contributed by atoms with Crippen molar-refractivity contribution in [2.75, 3.05) is 5.75 Å². The van der Waals surface area contributed by atoms with Crippen molar-refractivity contribution >= 4 is 16.6 Å². The Morgan fingerprint density at radius 3 is 2.42 bits per heavy atom. The molecule has 3 heteroatoms. The number of hydrogen-bond donors (Lipinski definition) is 0. The minimum atomic E-state index is -1.16. The molecular formula is C9H10O2S. The molecule has 0 N–H and O–H groups in total. The zero-order chi connectivity index (χ0) is 8.97. The second-order valence-electron chi connectivity index (χ2n) is 2.50. The van der Waals surface area contributed by atoms with Crippen LogP contribution in [0.15, 0.2) is 35.2 Å². The van der Waals surface area contributed by atoms with Crippen LogP contribution in [0.5, 0.6) is 0 Å². The summed E-state index contributed by atoms with van der Waals surface area (Å²) < 4.78 is 11.3. The van der Waals surface area contributed by atoms with Crippen molar-refractivity contribution in [3.63, 3.8) is 0 Å². The van der Waals surface area contributed by atoms with Crippen LogP contribution in [0.25, 0.3) is 0 Å². The van der Waals surface area contributed by atoms with Crippen LogP contribution in [-0.2, 0) is 15.6 Å². The first-order valence-corrected chi connectivity index (χ1v) is 4.95. The summed E-state index contributed by atoms with van der Waals surface area (Å²) in [6.07, 6.45) is 0. The van der Waals surface area contributed by atoms with Gasteiger partial charge in [-0.1, -0.05) is 18.2 Å². The highest BCUT2D eigenvalue weighted by molar-refractivity contribution is 7.85. The van der Waals surface area contributed by atoms with Gasteiger partial charge in [0.05, 0.1) is 16.6 Å². The minimum Gasteiger partial charge on any atom is -0.299 e. The summed E-state index contributed by atoms with van der Waals surface area (Å²) in [6, 6.07) is 9.01. The van der Waals surface area contributed by atoms with Gasteiger partial charge in [-0.3, -0.25) is 9.00 Å². The lowest BCUT2D eigenvalue weighted by Crippen LogP contribution is -2.05. The lowest BCUT2D eigenvalue weighted by Gasteiger charge is -1.97. The number of benzene rings is 1. The van der Waals surface area contributed by atoms with Gasteiger partial charge in [-0.25, -0.2) is 0 Å². The van der Waals surface area contributed by atoms with E-state index >= 15 is 0 Å². The molecule has 0 spiro atoms. The van der Waals surface area contributed by atoms with E-state index in [1.165, 1.54) is 6.92 Å². The highest BCUT2D eigenvalue weighted by atomic mass is 32.2. The molecule has 2 nitrogen and oxygen atoms in total. The van der Waals surface area contributed by atoms with Crippen molar-refractivity contribution in [3.8, 4) is 0 Å². The van der Waals surface area contributed by atoms with Gasteiger partial charge in [0.2, 0.25) is 0 Å². The largest absolute Gasteiger partial charge is 0.299 e. The smallest absolute Gasteiger partial charge is 0.142 e. The number of hydrogen-bond acceptors (Lipinski definition) is 2. The van der Waals surface area contributed by atoms with E-state index < -0.39 is 10.8 Å². The average molecular weight is 183 g/mol. The van der Waals surface area contributed by atoms with Crippen LogP contribution in [0, 0.1) is 0 Å². The summed E-state index contributed by atoms with van der Waals surface area (Å²) in [4.78, 5) is 11.3. The van der Waals surface area contributed by atoms with Gasteiger partial charge in [-0.2, -0.15) is 0 Å². The topological polar surface area (TPSA) is 34.1 Å². The van der Waals surface area contributed by atoms with Gasteiger partial charge in [-0.05, 0) is 19.1 Å². The number of Topliss-reactive ketones (excluding diaryl/α,β-unsaturated/α-hetero) is 1. The number of carbonyl (C=O) groups is 1. The maximum Gasteiger partial charge on any atom is 0.142 e. The summed E-state index contributed by atoms with van der Waals surface area (Å²) in [6.45, 7) is 1.45. The Labute approximate surface area is 74.1 Å². The van der Waals surface area contributed by atoms with Gasteiger partial charge in [0, 0.05) is 4.90 Å². The maximum absolute atomic E-state index is 11.3. The summed E-state index contributed by atoms with van der Waals surface area (Å²) in [5.74, 6) is 0.0708. The van der Waals surface area contributed by atoms with Crippen LogP contribution in [0.3, 0.4) is 0 Å². The van der Waals surface area contributed by atoms with Gasteiger partial charge in [-0.15, -0.1) is 0 Å². The highest BCUT2D eigenvalue weighted by Crippen LogP contribution is 2.04. The van der Waals surface area contributed by atoms with Crippen molar-refractivity contribution in [2.24, 2.45) is 0 Å². The third-order valence-corrected chi connectivity index (χ3v) is 2.81. The lowest BCUT2D eigenvalue weighted by atomic mass is 10.4. The second-order valence-corrected chi connectivity index (χ2v) is 3.96. The van der Waals surface area contributed by atoms with E-state index in [1.807, 2.05) is 18.2 Å². The molecule has 0 fully saturated rings. The van der Waals surface area contributed by atoms with Crippen LogP contribution >= 0.6 is 0 Å². The zero-order valence-corrected chi connectivity index (χ0v) is 7.64. The highest BCUT2D eigenvalue weighted by Gasteiger charge is 2.04. The molecule has 0 bridgehead atoms. The molecule has 1 aromatic rings. The monoisotopic (exact) mass is 183 g/mol. The predicted octanol–water partition coefficient (Wildman–Crippen LogP) is 1.38. The molecule has 0 aliphatic heterocycles. The molecule has 1 unspecified atom stereocenters. The number of rotatable bonds is 3. The molecule has 1 rings (SSSR count). The standard InChI is InChI=1S/C9H10O2S/c1-8(10)7-12(11)9-5-3-2-4-6-9/h2-6H,7H2,1H3/i7+1. The summed E-state index contributed by atoms with van der Waals surface area (Å²) in [5.41, 5.74) is 0. The lowest BCUT2D eigenvalue weighted by molar-refractivity contribution is -0.114. The van der Waals surface area contributed by atoms with Gasteiger partial charge in [0.1, 0.15) is 5.78 Å². The van der Waals surface area contributed by atoms with Gasteiger partial charge >= 0.3 is 0 Å². The fraction of sp³-hybridized carbons (Fsp3) is 0.222. The summed E-state index contributed by atoms with van der Waals surface area (Å²) >= 11 is 0.